The van der Waals surface area contributed by atoms with E-state index >= 15 is 0 Å². The highest BCUT2D eigenvalue weighted by Crippen LogP contribution is 2.21. The van der Waals surface area contributed by atoms with E-state index in [1.165, 1.54) is 10.6 Å². The fraction of sp³-hybridized carbons (Fsp3) is 0.375. The highest BCUT2D eigenvalue weighted by molar-refractivity contribution is 7.90. The van der Waals surface area contributed by atoms with Crippen LogP contribution in [0, 0.1) is 0 Å². The summed E-state index contributed by atoms with van der Waals surface area (Å²) >= 11 is 5.81. The molecule has 0 aliphatic rings. The number of rotatable bonds is 2. The third kappa shape index (κ3) is 1.76. The van der Waals surface area contributed by atoms with Crippen LogP contribution in [0.25, 0.3) is 5.65 Å². The summed E-state index contributed by atoms with van der Waals surface area (Å²) in [6, 6.07) is 0. The van der Waals surface area contributed by atoms with Gasteiger partial charge in [0.25, 0.3) is 0 Å². The molecule has 8 heteroatoms. The van der Waals surface area contributed by atoms with Crippen molar-refractivity contribution in [3.8, 4) is 0 Å². The first-order chi connectivity index (χ1) is 7.41. The molecule has 0 radical (unpaired) electrons. The fourth-order valence-electron chi connectivity index (χ4n) is 1.28. The van der Waals surface area contributed by atoms with Crippen molar-refractivity contribution in [3.63, 3.8) is 0 Å². The van der Waals surface area contributed by atoms with Gasteiger partial charge in [-0.3, -0.25) is 4.40 Å². The predicted molar refractivity (Wildman–Crippen MR) is 59.1 cm³/mol. The van der Waals surface area contributed by atoms with Gasteiger partial charge in [-0.05, 0) is 6.92 Å². The number of sulfone groups is 1. The Morgan fingerprint density at radius 3 is 2.75 bits per heavy atom. The predicted octanol–water partition coefficient (Wildman–Crippen LogP) is 0.883. The summed E-state index contributed by atoms with van der Waals surface area (Å²) in [5, 5.41) is 7.10. The molecule has 0 aromatic carbocycles. The molecule has 2 heterocycles. The van der Waals surface area contributed by atoms with Gasteiger partial charge in [0.1, 0.15) is 5.25 Å². The molecule has 0 spiro atoms. The summed E-state index contributed by atoms with van der Waals surface area (Å²) < 4.78 is 24.4. The standard InChI is InChI=1S/C8H9ClN4O2S/c1-5(16(2,14)15)7-11-12-8-6(9)10-3-4-13(7)8/h3-5H,1-2H3. The Hall–Kier alpha value is -1.21. The molecule has 1 atom stereocenters. The smallest absolute Gasteiger partial charge is 0.198 e. The SMILES string of the molecule is CC(c1nnc2c(Cl)nccn12)S(C)(=O)=O. The molecule has 0 saturated carbocycles. The van der Waals surface area contributed by atoms with Gasteiger partial charge in [-0.15, -0.1) is 10.2 Å². The van der Waals surface area contributed by atoms with Gasteiger partial charge >= 0.3 is 0 Å². The zero-order valence-electron chi connectivity index (χ0n) is 8.62. The van der Waals surface area contributed by atoms with Crippen molar-refractivity contribution in [3.05, 3.63) is 23.4 Å². The van der Waals surface area contributed by atoms with Gasteiger partial charge < -0.3 is 0 Å². The third-order valence-electron chi connectivity index (χ3n) is 2.32. The highest BCUT2D eigenvalue weighted by Gasteiger charge is 2.23. The Labute approximate surface area is 97.2 Å². The quantitative estimate of drug-likeness (QED) is 0.801. The van der Waals surface area contributed by atoms with E-state index in [0.29, 0.717) is 11.5 Å². The topological polar surface area (TPSA) is 77.2 Å². The van der Waals surface area contributed by atoms with Crippen LogP contribution in [0.15, 0.2) is 12.4 Å². The molecular formula is C8H9ClN4O2S. The average Bonchev–Trinajstić information content (AvgIpc) is 2.60. The lowest BCUT2D eigenvalue weighted by molar-refractivity contribution is 0.588. The molecule has 16 heavy (non-hydrogen) atoms. The molecule has 2 aromatic rings. The minimum Gasteiger partial charge on any atom is -0.281 e. The Balaban J connectivity index is 2.68. The first kappa shape index (κ1) is 11.3. The van der Waals surface area contributed by atoms with E-state index in [0.717, 1.165) is 6.26 Å². The van der Waals surface area contributed by atoms with E-state index in [1.54, 1.807) is 13.1 Å². The lowest BCUT2D eigenvalue weighted by Crippen LogP contribution is -2.11. The van der Waals surface area contributed by atoms with Crippen LogP contribution in [-0.4, -0.2) is 34.3 Å². The summed E-state index contributed by atoms with van der Waals surface area (Å²) in [5.41, 5.74) is 0.356. The lowest BCUT2D eigenvalue weighted by atomic mass is 10.4. The Kier molecular flexibility index (Phi) is 2.59. The second kappa shape index (κ2) is 3.67. The summed E-state index contributed by atoms with van der Waals surface area (Å²) in [5.74, 6) is 0.335. The van der Waals surface area contributed by atoms with E-state index in [2.05, 4.69) is 15.2 Å². The minimum atomic E-state index is -3.22. The van der Waals surface area contributed by atoms with Crippen molar-refractivity contribution in [2.45, 2.75) is 12.2 Å². The molecule has 6 nitrogen and oxygen atoms in total. The molecular weight excluding hydrogens is 252 g/mol. The fourth-order valence-corrected chi connectivity index (χ4v) is 2.01. The van der Waals surface area contributed by atoms with Crippen molar-refractivity contribution in [1.82, 2.24) is 19.6 Å². The van der Waals surface area contributed by atoms with Crippen molar-refractivity contribution >= 4 is 27.1 Å². The largest absolute Gasteiger partial charge is 0.281 e. The van der Waals surface area contributed by atoms with Gasteiger partial charge in [0, 0.05) is 18.6 Å². The van der Waals surface area contributed by atoms with Crippen molar-refractivity contribution in [2.75, 3.05) is 6.26 Å². The molecule has 0 aliphatic carbocycles. The van der Waals surface area contributed by atoms with Crippen LogP contribution in [0.5, 0.6) is 0 Å². The summed E-state index contributed by atoms with van der Waals surface area (Å²) in [6.45, 7) is 1.56. The Morgan fingerprint density at radius 2 is 2.12 bits per heavy atom. The molecule has 1 unspecified atom stereocenters. The average molecular weight is 261 g/mol. The maximum Gasteiger partial charge on any atom is 0.198 e. The maximum absolute atomic E-state index is 11.4. The van der Waals surface area contributed by atoms with E-state index in [1.807, 2.05) is 0 Å². The van der Waals surface area contributed by atoms with Crippen LogP contribution in [0.3, 0.4) is 0 Å². The molecule has 0 N–H and O–H groups in total. The van der Waals surface area contributed by atoms with Crippen LogP contribution < -0.4 is 0 Å². The number of halogens is 1. The summed E-state index contributed by atoms with van der Waals surface area (Å²) in [4.78, 5) is 3.83. The van der Waals surface area contributed by atoms with E-state index in [-0.39, 0.29) is 5.15 Å². The highest BCUT2D eigenvalue weighted by atomic mass is 35.5. The van der Waals surface area contributed by atoms with Crippen LogP contribution >= 0.6 is 11.6 Å². The number of fused-ring (bicyclic) bond motifs is 1. The molecule has 2 aromatic heterocycles. The number of nitrogens with zero attached hydrogens (tertiary/aromatic N) is 4. The van der Waals surface area contributed by atoms with Gasteiger partial charge in [-0.25, -0.2) is 13.4 Å². The van der Waals surface area contributed by atoms with Crippen LogP contribution in [0.4, 0.5) is 0 Å². The zero-order chi connectivity index (χ0) is 11.9. The van der Waals surface area contributed by atoms with Gasteiger partial charge in [0.15, 0.2) is 26.5 Å². The molecule has 0 fully saturated rings. The van der Waals surface area contributed by atoms with Crippen molar-refractivity contribution < 1.29 is 8.42 Å². The Morgan fingerprint density at radius 1 is 1.44 bits per heavy atom. The first-order valence-electron chi connectivity index (χ1n) is 4.45. The van der Waals surface area contributed by atoms with Crippen molar-refractivity contribution in [2.24, 2.45) is 0 Å². The second-order valence-corrected chi connectivity index (χ2v) is 6.17. The van der Waals surface area contributed by atoms with E-state index in [9.17, 15) is 8.42 Å². The third-order valence-corrected chi connectivity index (χ3v) is 4.08. The van der Waals surface area contributed by atoms with Crippen LogP contribution in [-0.2, 0) is 9.84 Å². The zero-order valence-corrected chi connectivity index (χ0v) is 10.2. The van der Waals surface area contributed by atoms with Crippen LogP contribution in [0.2, 0.25) is 5.15 Å². The number of hydrogen-bond donors (Lipinski definition) is 0. The first-order valence-corrected chi connectivity index (χ1v) is 6.78. The number of aromatic nitrogens is 4. The van der Waals surface area contributed by atoms with Gasteiger partial charge in [0.05, 0.1) is 0 Å². The minimum absolute atomic E-state index is 0.196. The second-order valence-electron chi connectivity index (χ2n) is 3.44. The Bertz CT molecular complexity index is 637. The summed E-state index contributed by atoms with van der Waals surface area (Å²) in [6.07, 6.45) is 4.21. The van der Waals surface area contributed by atoms with Gasteiger partial charge in [-0.1, -0.05) is 11.6 Å². The van der Waals surface area contributed by atoms with E-state index in [4.69, 9.17) is 11.6 Å². The molecule has 2 rings (SSSR count). The number of hydrogen-bond acceptors (Lipinski definition) is 5. The molecule has 0 aliphatic heterocycles. The van der Waals surface area contributed by atoms with Gasteiger partial charge in [0.2, 0.25) is 0 Å². The van der Waals surface area contributed by atoms with Crippen molar-refractivity contribution in [1.29, 1.82) is 0 Å². The normalized spacial score (nSPS) is 14.2. The molecule has 0 saturated heterocycles. The monoisotopic (exact) mass is 260 g/mol. The van der Waals surface area contributed by atoms with E-state index < -0.39 is 15.1 Å². The lowest BCUT2D eigenvalue weighted by Gasteiger charge is -2.06. The summed E-state index contributed by atoms with van der Waals surface area (Å²) in [7, 11) is -3.22. The van der Waals surface area contributed by atoms with Gasteiger partial charge in [-0.2, -0.15) is 0 Å². The maximum atomic E-state index is 11.4. The molecule has 0 amide bonds. The van der Waals surface area contributed by atoms with Crippen LogP contribution in [0.1, 0.15) is 18.0 Å². The molecule has 86 valence electrons. The molecule has 0 bridgehead atoms.